The number of hydrogen-bond acceptors (Lipinski definition) is 6. The topological polar surface area (TPSA) is 80.9 Å². The zero-order valence-electron chi connectivity index (χ0n) is 12.2. The second-order valence-corrected chi connectivity index (χ2v) is 5.59. The molecule has 23 heavy (non-hydrogen) atoms. The second kappa shape index (κ2) is 7.55. The number of carbonyl (C=O) groups excluding carboxylic acids is 1. The molecule has 0 aliphatic rings. The highest BCUT2D eigenvalue weighted by Crippen LogP contribution is 2.19. The van der Waals surface area contributed by atoms with Gasteiger partial charge in [-0.1, -0.05) is 47.3 Å². The Kier molecular flexibility index (Phi) is 5.00. The van der Waals surface area contributed by atoms with E-state index in [1.54, 1.807) is 18.5 Å². The van der Waals surface area contributed by atoms with Crippen molar-refractivity contribution in [3.63, 3.8) is 0 Å². The predicted molar refractivity (Wildman–Crippen MR) is 86.5 cm³/mol. The molecular formula is C16H14N4O2S. The van der Waals surface area contributed by atoms with Gasteiger partial charge in [0.1, 0.15) is 5.69 Å². The third kappa shape index (κ3) is 4.40. The Bertz CT molecular complexity index is 762. The normalized spacial score (nSPS) is 10.4. The molecule has 0 bridgehead atoms. The van der Waals surface area contributed by atoms with Crippen LogP contribution in [0.15, 0.2) is 64.5 Å². The van der Waals surface area contributed by atoms with Gasteiger partial charge in [0.2, 0.25) is 5.91 Å². The summed E-state index contributed by atoms with van der Waals surface area (Å²) < 4.78 is 5.29. The number of amides is 1. The molecule has 0 aliphatic carbocycles. The first-order valence-electron chi connectivity index (χ1n) is 6.99. The highest BCUT2D eigenvalue weighted by Gasteiger charge is 2.08. The van der Waals surface area contributed by atoms with Gasteiger partial charge in [-0.3, -0.25) is 4.79 Å². The molecule has 6 nitrogen and oxygen atoms in total. The molecule has 1 N–H and O–H groups in total. The van der Waals surface area contributed by atoms with E-state index in [0.717, 1.165) is 5.56 Å². The maximum Gasteiger partial charge on any atom is 0.230 e. The maximum atomic E-state index is 11.8. The van der Waals surface area contributed by atoms with Gasteiger partial charge in [-0.15, -0.1) is 0 Å². The Morgan fingerprint density at radius 2 is 1.91 bits per heavy atom. The molecule has 0 aliphatic heterocycles. The first-order chi connectivity index (χ1) is 11.3. The van der Waals surface area contributed by atoms with Crippen LogP contribution in [0.3, 0.4) is 0 Å². The van der Waals surface area contributed by atoms with Crippen molar-refractivity contribution in [2.75, 3.05) is 5.75 Å². The first kappa shape index (κ1) is 15.2. The molecule has 3 aromatic rings. The fourth-order valence-electron chi connectivity index (χ4n) is 1.86. The lowest BCUT2D eigenvalue weighted by molar-refractivity contribution is -0.118. The number of nitrogens with one attached hydrogen (secondary N) is 1. The number of thioether (sulfide) groups is 1. The van der Waals surface area contributed by atoms with Crippen molar-refractivity contribution in [1.29, 1.82) is 0 Å². The number of benzene rings is 1. The van der Waals surface area contributed by atoms with E-state index in [9.17, 15) is 4.79 Å². The minimum absolute atomic E-state index is 0.105. The summed E-state index contributed by atoms with van der Waals surface area (Å²) in [5.41, 5.74) is 1.63. The molecule has 0 saturated heterocycles. The van der Waals surface area contributed by atoms with E-state index >= 15 is 0 Å². The van der Waals surface area contributed by atoms with Crippen molar-refractivity contribution >= 4 is 17.7 Å². The van der Waals surface area contributed by atoms with Crippen LogP contribution >= 0.6 is 11.8 Å². The molecule has 1 amide bonds. The van der Waals surface area contributed by atoms with Gasteiger partial charge in [0.05, 0.1) is 12.3 Å². The van der Waals surface area contributed by atoms with Gasteiger partial charge in [-0.05, 0) is 6.07 Å². The number of aromatic nitrogens is 3. The molecule has 7 heteroatoms. The van der Waals surface area contributed by atoms with Crippen LogP contribution < -0.4 is 5.32 Å². The molecule has 0 saturated carbocycles. The molecule has 0 fully saturated rings. The van der Waals surface area contributed by atoms with Gasteiger partial charge >= 0.3 is 0 Å². The van der Waals surface area contributed by atoms with Crippen molar-refractivity contribution in [2.24, 2.45) is 0 Å². The monoisotopic (exact) mass is 326 g/mol. The summed E-state index contributed by atoms with van der Waals surface area (Å²) in [7, 11) is 0. The van der Waals surface area contributed by atoms with E-state index < -0.39 is 0 Å². The molecule has 3 rings (SSSR count). The molecule has 1 aromatic carbocycles. The zero-order valence-corrected chi connectivity index (χ0v) is 13.0. The summed E-state index contributed by atoms with van der Waals surface area (Å²) in [6.45, 7) is 0.325. The molecule has 116 valence electrons. The average molecular weight is 326 g/mol. The highest BCUT2D eigenvalue weighted by molar-refractivity contribution is 7.99. The molecule has 0 spiro atoms. The van der Waals surface area contributed by atoms with Crippen molar-refractivity contribution in [3.05, 3.63) is 60.6 Å². The van der Waals surface area contributed by atoms with E-state index in [0.29, 0.717) is 23.2 Å². The Hall–Kier alpha value is -2.67. The quantitative estimate of drug-likeness (QED) is 0.554. The summed E-state index contributed by atoms with van der Waals surface area (Å²) in [6.07, 6.45) is 3.29. The molecule has 2 heterocycles. The summed E-state index contributed by atoms with van der Waals surface area (Å²) in [5.74, 6) is 0.835. The zero-order chi connectivity index (χ0) is 15.9. The summed E-state index contributed by atoms with van der Waals surface area (Å²) in [4.78, 5) is 19.9. The third-order valence-electron chi connectivity index (χ3n) is 2.96. The molecule has 0 atom stereocenters. The lowest BCUT2D eigenvalue weighted by Crippen LogP contribution is -2.24. The standard InChI is InChI=1S/C16H14N4O2S/c21-15(11-23-16-17-7-4-8-18-16)19-10-13-9-14(22-20-13)12-5-2-1-3-6-12/h1-9H,10-11H2,(H,19,21). The van der Waals surface area contributed by atoms with Gasteiger partial charge in [-0.2, -0.15) is 0 Å². The SMILES string of the molecule is O=C(CSc1ncccn1)NCc1cc(-c2ccccc2)on1. The van der Waals surface area contributed by atoms with Crippen LogP contribution in [-0.4, -0.2) is 26.8 Å². The van der Waals surface area contributed by atoms with E-state index in [-0.39, 0.29) is 11.7 Å². The van der Waals surface area contributed by atoms with Crippen LogP contribution in [0.5, 0.6) is 0 Å². The van der Waals surface area contributed by atoms with Crippen LogP contribution in [0.1, 0.15) is 5.69 Å². The van der Waals surface area contributed by atoms with Crippen LogP contribution in [0.2, 0.25) is 0 Å². The largest absolute Gasteiger partial charge is 0.356 e. The van der Waals surface area contributed by atoms with E-state index in [4.69, 9.17) is 4.52 Å². The van der Waals surface area contributed by atoms with Crippen LogP contribution in [0.4, 0.5) is 0 Å². The minimum atomic E-state index is -0.105. The number of nitrogens with zero attached hydrogens (tertiary/aromatic N) is 3. The van der Waals surface area contributed by atoms with Gasteiger partial charge < -0.3 is 9.84 Å². The maximum absolute atomic E-state index is 11.8. The Balaban J connectivity index is 1.49. The fourth-order valence-corrected chi connectivity index (χ4v) is 2.50. The van der Waals surface area contributed by atoms with Gasteiger partial charge in [0.15, 0.2) is 10.9 Å². The van der Waals surface area contributed by atoms with Crippen LogP contribution in [0.25, 0.3) is 11.3 Å². The Labute approximate surface area is 137 Å². The van der Waals surface area contributed by atoms with E-state index in [1.165, 1.54) is 11.8 Å². The van der Waals surface area contributed by atoms with Crippen LogP contribution in [-0.2, 0) is 11.3 Å². The van der Waals surface area contributed by atoms with Gasteiger partial charge in [0, 0.05) is 24.0 Å². The highest BCUT2D eigenvalue weighted by atomic mass is 32.2. The second-order valence-electron chi connectivity index (χ2n) is 4.65. The van der Waals surface area contributed by atoms with E-state index in [2.05, 4.69) is 20.4 Å². The Morgan fingerprint density at radius 1 is 1.13 bits per heavy atom. The number of rotatable bonds is 6. The average Bonchev–Trinajstić information content (AvgIpc) is 3.09. The van der Waals surface area contributed by atoms with Gasteiger partial charge in [0.25, 0.3) is 0 Å². The van der Waals surface area contributed by atoms with Crippen molar-refractivity contribution in [3.8, 4) is 11.3 Å². The smallest absolute Gasteiger partial charge is 0.230 e. The Morgan fingerprint density at radius 3 is 2.70 bits per heavy atom. The summed E-state index contributed by atoms with van der Waals surface area (Å²) in [6, 6.07) is 13.3. The minimum Gasteiger partial charge on any atom is -0.356 e. The summed E-state index contributed by atoms with van der Waals surface area (Å²) in [5, 5.41) is 7.34. The van der Waals surface area contributed by atoms with Crippen molar-refractivity contribution < 1.29 is 9.32 Å². The van der Waals surface area contributed by atoms with E-state index in [1.807, 2.05) is 36.4 Å². The predicted octanol–water partition coefficient (Wildman–Crippen LogP) is 2.54. The van der Waals surface area contributed by atoms with Crippen molar-refractivity contribution in [1.82, 2.24) is 20.4 Å². The van der Waals surface area contributed by atoms with Crippen molar-refractivity contribution in [2.45, 2.75) is 11.7 Å². The third-order valence-corrected chi connectivity index (χ3v) is 3.83. The number of carbonyl (C=O) groups is 1. The fraction of sp³-hybridized carbons (Fsp3) is 0.125. The van der Waals surface area contributed by atoms with Gasteiger partial charge in [-0.25, -0.2) is 9.97 Å². The lowest BCUT2D eigenvalue weighted by Gasteiger charge is -2.01. The molecular weight excluding hydrogens is 312 g/mol. The number of hydrogen-bond donors (Lipinski definition) is 1. The van der Waals surface area contributed by atoms with Crippen LogP contribution in [0, 0.1) is 0 Å². The summed E-state index contributed by atoms with van der Waals surface area (Å²) >= 11 is 1.29. The lowest BCUT2D eigenvalue weighted by atomic mass is 10.2. The first-order valence-corrected chi connectivity index (χ1v) is 7.97. The molecule has 0 unspecified atom stereocenters. The molecule has 0 radical (unpaired) electrons. The molecule has 2 aromatic heterocycles.